The zero-order valence-corrected chi connectivity index (χ0v) is 16.5. The number of nitrogens with zero attached hydrogens (tertiary/aromatic N) is 2. The number of carbonyl (C=O) groups is 2. The molecule has 2 aromatic rings. The maximum atomic E-state index is 12.3. The third-order valence-corrected chi connectivity index (χ3v) is 6.31. The highest BCUT2D eigenvalue weighted by atomic mass is 32.2. The number of hydrogen-bond donors (Lipinski definition) is 1. The first kappa shape index (κ1) is 18.8. The Morgan fingerprint density at radius 1 is 1.31 bits per heavy atom. The number of aryl methyl sites for hydroxylation is 2. The summed E-state index contributed by atoms with van der Waals surface area (Å²) in [4.78, 5) is 34.0. The molecule has 3 rings (SSSR count). The van der Waals surface area contributed by atoms with Crippen LogP contribution in [0, 0.1) is 6.92 Å². The van der Waals surface area contributed by atoms with Crippen LogP contribution in [-0.4, -0.2) is 34.7 Å². The van der Waals surface area contributed by atoms with Gasteiger partial charge in [0.05, 0.1) is 17.7 Å². The number of hydrogen-bond acceptors (Lipinski definition) is 7. The third kappa shape index (κ3) is 4.42. The minimum absolute atomic E-state index is 0.105. The lowest BCUT2D eigenvalue weighted by Crippen LogP contribution is -2.15. The molecule has 2 aromatic heterocycles. The van der Waals surface area contributed by atoms with Crippen molar-refractivity contribution in [2.24, 2.45) is 0 Å². The molecule has 1 aliphatic carbocycles. The van der Waals surface area contributed by atoms with Crippen LogP contribution in [0.3, 0.4) is 0 Å². The van der Waals surface area contributed by atoms with Crippen LogP contribution in [0.4, 0.5) is 5.00 Å². The van der Waals surface area contributed by atoms with E-state index in [-0.39, 0.29) is 11.9 Å². The molecule has 2 heterocycles. The number of thioether (sulfide) groups is 1. The van der Waals surface area contributed by atoms with Gasteiger partial charge in [0.15, 0.2) is 0 Å². The fraction of sp³-hybridized carbons (Fsp3) is 0.444. The van der Waals surface area contributed by atoms with Crippen molar-refractivity contribution >= 4 is 40.0 Å². The van der Waals surface area contributed by atoms with Gasteiger partial charge >= 0.3 is 5.97 Å². The zero-order chi connectivity index (χ0) is 18.5. The molecule has 1 N–H and O–H groups in total. The number of methoxy groups -OCH3 is 1. The number of thiophene rings is 1. The average molecular weight is 392 g/mol. The van der Waals surface area contributed by atoms with Crippen molar-refractivity contribution in [2.45, 2.75) is 44.1 Å². The van der Waals surface area contributed by atoms with E-state index in [2.05, 4.69) is 15.3 Å². The van der Waals surface area contributed by atoms with Crippen molar-refractivity contribution in [2.75, 3.05) is 18.2 Å². The Kier molecular flexibility index (Phi) is 6.26. The van der Waals surface area contributed by atoms with E-state index in [9.17, 15) is 9.59 Å². The number of anilines is 1. The molecule has 0 saturated carbocycles. The predicted octanol–water partition coefficient (Wildman–Crippen LogP) is 3.63. The van der Waals surface area contributed by atoms with Crippen LogP contribution in [-0.2, 0) is 22.4 Å². The fourth-order valence-corrected chi connectivity index (χ4v) is 5.08. The molecule has 0 bridgehead atoms. The number of esters is 1. The predicted molar refractivity (Wildman–Crippen MR) is 103 cm³/mol. The largest absolute Gasteiger partial charge is 0.465 e. The van der Waals surface area contributed by atoms with E-state index >= 15 is 0 Å². The van der Waals surface area contributed by atoms with Crippen LogP contribution in [0.5, 0.6) is 0 Å². The zero-order valence-electron chi connectivity index (χ0n) is 14.8. The quantitative estimate of drug-likeness (QED) is 0.460. The minimum atomic E-state index is -0.370. The van der Waals surface area contributed by atoms with Gasteiger partial charge in [-0.15, -0.1) is 23.1 Å². The number of aromatic nitrogens is 2. The molecule has 0 spiro atoms. The number of amides is 1. The van der Waals surface area contributed by atoms with Crippen molar-refractivity contribution in [3.8, 4) is 0 Å². The Hall–Kier alpha value is -1.93. The molecule has 1 amide bonds. The molecule has 0 unspecified atom stereocenters. The molecular formula is C18H21N3O3S2. The van der Waals surface area contributed by atoms with Gasteiger partial charge in [0.1, 0.15) is 11.3 Å². The standard InChI is InChI=1S/C18H21N3O3S2/c1-11-9-15(20-10-19-11)25-8-7-14(22)21-17-16(18(23)24-2)12-5-3-4-6-13(12)26-17/h9-10H,3-8H2,1-2H3,(H,21,22). The monoisotopic (exact) mass is 391 g/mol. The molecule has 0 fully saturated rings. The van der Waals surface area contributed by atoms with Crippen LogP contribution in [0.15, 0.2) is 17.4 Å². The third-order valence-electron chi connectivity index (χ3n) is 4.17. The summed E-state index contributed by atoms with van der Waals surface area (Å²) in [5.41, 5.74) is 2.49. The summed E-state index contributed by atoms with van der Waals surface area (Å²) >= 11 is 3.02. The lowest BCUT2D eigenvalue weighted by atomic mass is 9.95. The van der Waals surface area contributed by atoms with Gasteiger partial charge in [0.25, 0.3) is 0 Å². The van der Waals surface area contributed by atoms with Crippen molar-refractivity contribution in [3.63, 3.8) is 0 Å². The van der Waals surface area contributed by atoms with Crippen molar-refractivity contribution < 1.29 is 14.3 Å². The second-order valence-corrected chi connectivity index (χ2v) is 8.27. The summed E-state index contributed by atoms with van der Waals surface area (Å²) in [7, 11) is 1.38. The van der Waals surface area contributed by atoms with Gasteiger partial charge in [-0.2, -0.15) is 0 Å². The van der Waals surface area contributed by atoms with Gasteiger partial charge in [0.2, 0.25) is 5.91 Å². The molecule has 138 valence electrons. The maximum Gasteiger partial charge on any atom is 0.341 e. The molecule has 0 atom stereocenters. The summed E-state index contributed by atoms with van der Waals surface area (Å²) < 4.78 is 4.93. The fourth-order valence-electron chi connectivity index (χ4n) is 2.92. The Morgan fingerprint density at radius 2 is 2.12 bits per heavy atom. The van der Waals surface area contributed by atoms with Gasteiger partial charge in [0, 0.05) is 22.7 Å². The lowest BCUT2D eigenvalue weighted by Gasteiger charge is -2.11. The number of fused-ring (bicyclic) bond motifs is 1. The second-order valence-electron chi connectivity index (χ2n) is 6.05. The van der Waals surface area contributed by atoms with Crippen LogP contribution in [0.25, 0.3) is 0 Å². The average Bonchev–Trinajstić information content (AvgIpc) is 2.99. The SMILES string of the molecule is COC(=O)c1c(NC(=O)CCSc2cc(C)ncn2)sc2c1CCCC2. The summed E-state index contributed by atoms with van der Waals surface area (Å²) in [6, 6.07) is 1.89. The van der Waals surface area contributed by atoms with E-state index in [0.29, 0.717) is 22.7 Å². The van der Waals surface area contributed by atoms with E-state index in [1.165, 1.54) is 41.4 Å². The van der Waals surface area contributed by atoms with E-state index in [0.717, 1.165) is 42.0 Å². The number of nitrogens with one attached hydrogen (secondary N) is 1. The number of carbonyl (C=O) groups excluding carboxylic acids is 2. The molecule has 0 aromatic carbocycles. The van der Waals surface area contributed by atoms with Crippen molar-refractivity contribution in [1.82, 2.24) is 9.97 Å². The number of rotatable bonds is 6. The highest BCUT2D eigenvalue weighted by Gasteiger charge is 2.26. The highest BCUT2D eigenvalue weighted by Crippen LogP contribution is 2.38. The van der Waals surface area contributed by atoms with Crippen LogP contribution in [0.1, 0.15) is 45.8 Å². The molecule has 6 nitrogen and oxygen atoms in total. The summed E-state index contributed by atoms with van der Waals surface area (Å²) in [5, 5.41) is 4.39. The van der Waals surface area contributed by atoms with Crippen molar-refractivity contribution in [1.29, 1.82) is 0 Å². The van der Waals surface area contributed by atoms with E-state index in [1.807, 2.05) is 13.0 Å². The maximum absolute atomic E-state index is 12.3. The summed E-state index contributed by atoms with van der Waals surface area (Å²) in [6.07, 6.45) is 5.89. The summed E-state index contributed by atoms with van der Waals surface area (Å²) in [5.74, 6) is 0.138. The Morgan fingerprint density at radius 3 is 2.88 bits per heavy atom. The van der Waals surface area contributed by atoms with Crippen LogP contribution >= 0.6 is 23.1 Å². The van der Waals surface area contributed by atoms with Gasteiger partial charge in [-0.3, -0.25) is 4.79 Å². The van der Waals surface area contributed by atoms with E-state index in [4.69, 9.17) is 4.74 Å². The topological polar surface area (TPSA) is 81.2 Å². The Balaban J connectivity index is 1.63. The second kappa shape index (κ2) is 8.64. The first-order valence-corrected chi connectivity index (χ1v) is 10.3. The van der Waals surface area contributed by atoms with E-state index < -0.39 is 0 Å². The van der Waals surface area contributed by atoms with Gasteiger partial charge < -0.3 is 10.1 Å². The molecular weight excluding hydrogens is 370 g/mol. The highest BCUT2D eigenvalue weighted by molar-refractivity contribution is 7.99. The summed E-state index contributed by atoms with van der Waals surface area (Å²) in [6.45, 7) is 1.91. The molecule has 8 heteroatoms. The van der Waals surface area contributed by atoms with Gasteiger partial charge in [-0.1, -0.05) is 0 Å². The molecule has 26 heavy (non-hydrogen) atoms. The van der Waals surface area contributed by atoms with Crippen LogP contribution in [0.2, 0.25) is 0 Å². The number of ether oxygens (including phenoxy) is 1. The lowest BCUT2D eigenvalue weighted by molar-refractivity contribution is -0.115. The molecule has 0 radical (unpaired) electrons. The minimum Gasteiger partial charge on any atom is -0.465 e. The first-order valence-electron chi connectivity index (χ1n) is 8.52. The molecule has 0 aliphatic heterocycles. The van der Waals surface area contributed by atoms with Gasteiger partial charge in [-0.05, 0) is 44.2 Å². The van der Waals surface area contributed by atoms with Crippen LogP contribution < -0.4 is 5.32 Å². The van der Waals surface area contributed by atoms with Crippen molar-refractivity contribution in [3.05, 3.63) is 34.1 Å². The molecule has 1 aliphatic rings. The van der Waals surface area contributed by atoms with Gasteiger partial charge in [-0.25, -0.2) is 14.8 Å². The Bertz CT molecular complexity index is 820. The smallest absolute Gasteiger partial charge is 0.341 e. The van der Waals surface area contributed by atoms with E-state index in [1.54, 1.807) is 0 Å². The Labute approximate surface area is 160 Å². The first-order chi connectivity index (χ1) is 12.6. The normalized spacial score (nSPS) is 13.2. The molecule has 0 saturated heterocycles.